The molecule has 0 saturated carbocycles. The standard InChI is InChI=1S/C19H18ClN3O4S/c20-15-5-2-1-4-13(15)11-21-19(24)16-10-17(18-6-3-8-27-18)23(22-16)14-7-9-28(25,26)12-14/h1-6,8,10,14H,7,9,11-12H2,(H,21,24). The van der Waals surface area contributed by atoms with Crippen molar-refractivity contribution in [2.75, 3.05) is 11.5 Å². The fourth-order valence-electron chi connectivity index (χ4n) is 3.27. The van der Waals surface area contributed by atoms with Crippen molar-refractivity contribution in [1.29, 1.82) is 0 Å². The maximum absolute atomic E-state index is 12.6. The maximum Gasteiger partial charge on any atom is 0.272 e. The number of nitrogens with zero attached hydrogens (tertiary/aromatic N) is 2. The summed E-state index contributed by atoms with van der Waals surface area (Å²) >= 11 is 6.12. The molecule has 1 amide bonds. The van der Waals surface area contributed by atoms with Gasteiger partial charge in [0.15, 0.2) is 21.3 Å². The zero-order valence-electron chi connectivity index (χ0n) is 14.8. The molecule has 146 valence electrons. The summed E-state index contributed by atoms with van der Waals surface area (Å²) in [6.07, 6.45) is 1.98. The second kappa shape index (κ2) is 7.44. The van der Waals surface area contributed by atoms with Crippen LogP contribution in [0.15, 0.2) is 53.1 Å². The molecule has 3 aromatic rings. The minimum Gasteiger partial charge on any atom is -0.463 e. The average Bonchev–Trinajstić information content (AvgIpc) is 3.39. The number of carbonyl (C=O) groups is 1. The highest BCUT2D eigenvalue weighted by molar-refractivity contribution is 7.91. The Balaban J connectivity index is 1.60. The van der Waals surface area contributed by atoms with Gasteiger partial charge in [0.1, 0.15) is 5.69 Å². The van der Waals surface area contributed by atoms with Crippen LogP contribution >= 0.6 is 11.6 Å². The van der Waals surface area contributed by atoms with E-state index in [9.17, 15) is 13.2 Å². The third-order valence-corrected chi connectivity index (χ3v) is 6.81. The Labute approximate surface area is 167 Å². The van der Waals surface area contributed by atoms with Crippen molar-refractivity contribution in [2.24, 2.45) is 0 Å². The first-order valence-electron chi connectivity index (χ1n) is 8.78. The van der Waals surface area contributed by atoms with Crippen LogP contribution < -0.4 is 5.32 Å². The molecule has 1 aliphatic rings. The van der Waals surface area contributed by atoms with E-state index in [2.05, 4.69) is 10.4 Å². The van der Waals surface area contributed by atoms with Gasteiger partial charge in [0.2, 0.25) is 0 Å². The molecular formula is C19H18ClN3O4S. The molecule has 2 aromatic heterocycles. The lowest BCUT2D eigenvalue weighted by molar-refractivity contribution is 0.0945. The van der Waals surface area contributed by atoms with Gasteiger partial charge in [0.05, 0.1) is 23.8 Å². The lowest BCUT2D eigenvalue weighted by Crippen LogP contribution is -2.24. The van der Waals surface area contributed by atoms with Crippen molar-refractivity contribution in [3.8, 4) is 11.5 Å². The SMILES string of the molecule is O=C(NCc1ccccc1Cl)c1cc(-c2ccco2)n(C2CCS(=O)(=O)C2)n1. The summed E-state index contributed by atoms with van der Waals surface area (Å²) in [5.74, 6) is 0.279. The molecule has 4 rings (SSSR count). The largest absolute Gasteiger partial charge is 0.463 e. The second-order valence-electron chi connectivity index (χ2n) is 6.67. The highest BCUT2D eigenvalue weighted by atomic mass is 35.5. The Bertz CT molecular complexity index is 1110. The molecule has 28 heavy (non-hydrogen) atoms. The van der Waals surface area contributed by atoms with E-state index >= 15 is 0 Å². The summed E-state index contributed by atoms with van der Waals surface area (Å²) in [7, 11) is -3.10. The molecule has 1 aliphatic heterocycles. The molecule has 7 nitrogen and oxygen atoms in total. The fraction of sp³-hybridized carbons (Fsp3) is 0.263. The van der Waals surface area contributed by atoms with E-state index in [1.165, 1.54) is 6.26 Å². The zero-order chi connectivity index (χ0) is 19.7. The van der Waals surface area contributed by atoms with Crippen LogP contribution in [-0.4, -0.2) is 35.6 Å². The maximum atomic E-state index is 12.6. The van der Waals surface area contributed by atoms with E-state index in [4.69, 9.17) is 16.0 Å². The Morgan fingerprint density at radius 2 is 2.11 bits per heavy atom. The second-order valence-corrected chi connectivity index (χ2v) is 9.30. The van der Waals surface area contributed by atoms with Crippen LogP contribution in [0.1, 0.15) is 28.5 Å². The molecule has 0 radical (unpaired) electrons. The number of carbonyl (C=O) groups excluding carboxylic acids is 1. The van der Waals surface area contributed by atoms with Gasteiger partial charge in [-0.05, 0) is 30.2 Å². The average molecular weight is 420 g/mol. The minimum absolute atomic E-state index is 0.00305. The summed E-state index contributed by atoms with van der Waals surface area (Å²) in [5, 5.41) is 7.77. The number of benzene rings is 1. The molecule has 1 saturated heterocycles. The van der Waals surface area contributed by atoms with Crippen LogP contribution in [0, 0.1) is 0 Å². The number of amides is 1. The van der Waals surface area contributed by atoms with Crippen molar-refractivity contribution < 1.29 is 17.6 Å². The van der Waals surface area contributed by atoms with Gasteiger partial charge < -0.3 is 9.73 Å². The zero-order valence-corrected chi connectivity index (χ0v) is 16.4. The van der Waals surface area contributed by atoms with Crippen LogP contribution in [0.4, 0.5) is 0 Å². The van der Waals surface area contributed by atoms with Gasteiger partial charge in [-0.3, -0.25) is 9.48 Å². The summed E-state index contributed by atoms with van der Waals surface area (Å²) in [6.45, 7) is 0.263. The first kappa shape index (κ1) is 18.8. The molecule has 1 atom stereocenters. The molecule has 0 aliphatic carbocycles. The number of furan rings is 1. The van der Waals surface area contributed by atoms with Gasteiger partial charge in [-0.2, -0.15) is 5.10 Å². The molecule has 9 heteroatoms. The normalized spacial score (nSPS) is 18.2. The van der Waals surface area contributed by atoms with Crippen LogP contribution in [0.2, 0.25) is 5.02 Å². The Morgan fingerprint density at radius 3 is 2.79 bits per heavy atom. The summed E-state index contributed by atoms with van der Waals surface area (Å²) in [5.41, 5.74) is 1.57. The lowest BCUT2D eigenvalue weighted by Gasteiger charge is -2.11. The minimum atomic E-state index is -3.10. The monoisotopic (exact) mass is 419 g/mol. The van der Waals surface area contributed by atoms with Crippen molar-refractivity contribution in [3.63, 3.8) is 0 Å². The van der Waals surface area contributed by atoms with Crippen LogP contribution in [-0.2, 0) is 16.4 Å². The number of rotatable bonds is 5. The lowest BCUT2D eigenvalue weighted by atomic mass is 10.2. The first-order valence-corrected chi connectivity index (χ1v) is 11.0. The number of hydrogen-bond donors (Lipinski definition) is 1. The molecule has 0 bridgehead atoms. The summed E-state index contributed by atoms with van der Waals surface area (Å²) in [6, 6.07) is 12.0. The summed E-state index contributed by atoms with van der Waals surface area (Å²) < 4.78 is 30.8. The van der Waals surface area contributed by atoms with Crippen molar-refractivity contribution in [3.05, 3.63) is 65.0 Å². The van der Waals surface area contributed by atoms with Gasteiger partial charge in [0.25, 0.3) is 5.91 Å². The van der Waals surface area contributed by atoms with E-state index in [0.29, 0.717) is 22.9 Å². The van der Waals surface area contributed by atoms with Crippen LogP contribution in [0.5, 0.6) is 0 Å². The van der Waals surface area contributed by atoms with E-state index in [0.717, 1.165) is 5.56 Å². The molecule has 1 unspecified atom stereocenters. The molecule has 1 N–H and O–H groups in total. The predicted octanol–water partition coefficient (Wildman–Crippen LogP) is 3.09. The van der Waals surface area contributed by atoms with E-state index in [1.54, 1.807) is 28.9 Å². The molecule has 3 heterocycles. The number of sulfone groups is 1. The number of aromatic nitrogens is 2. The van der Waals surface area contributed by atoms with Gasteiger partial charge >= 0.3 is 0 Å². The number of halogens is 1. The van der Waals surface area contributed by atoms with Gasteiger partial charge in [-0.1, -0.05) is 29.8 Å². The quantitative estimate of drug-likeness (QED) is 0.685. The molecule has 0 spiro atoms. The Morgan fingerprint density at radius 1 is 1.29 bits per heavy atom. The Kier molecular flexibility index (Phi) is 4.99. The topological polar surface area (TPSA) is 94.2 Å². The highest BCUT2D eigenvalue weighted by Crippen LogP contribution is 2.30. The van der Waals surface area contributed by atoms with Crippen molar-refractivity contribution in [1.82, 2.24) is 15.1 Å². The highest BCUT2D eigenvalue weighted by Gasteiger charge is 2.32. The smallest absolute Gasteiger partial charge is 0.272 e. The van der Waals surface area contributed by atoms with E-state index in [1.807, 2.05) is 18.2 Å². The van der Waals surface area contributed by atoms with Gasteiger partial charge in [-0.25, -0.2) is 8.42 Å². The fourth-order valence-corrected chi connectivity index (χ4v) is 5.16. The Hall–Kier alpha value is -2.58. The number of nitrogens with one attached hydrogen (secondary N) is 1. The summed E-state index contributed by atoms with van der Waals surface area (Å²) in [4.78, 5) is 12.6. The van der Waals surface area contributed by atoms with Crippen molar-refractivity contribution >= 4 is 27.3 Å². The van der Waals surface area contributed by atoms with E-state index in [-0.39, 0.29) is 35.7 Å². The third-order valence-electron chi connectivity index (χ3n) is 4.69. The van der Waals surface area contributed by atoms with Crippen LogP contribution in [0.3, 0.4) is 0 Å². The molecule has 1 fully saturated rings. The third kappa shape index (κ3) is 3.83. The number of hydrogen-bond acceptors (Lipinski definition) is 5. The predicted molar refractivity (Wildman–Crippen MR) is 105 cm³/mol. The van der Waals surface area contributed by atoms with Gasteiger partial charge in [-0.15, -0.1) is 0 Å². The van der Waals surface area contributed by atoms with Crippen molar-refractivity contribution in [2.45, 2.75) is 19.0 Å². The van der Waals surface area contributed by atoms with E-state index < -0.39 is 9.84 Å². The molecule has 1 aromatic carbocycles. The molecular weight excluding hydrogens is 402 g/mol. The van der Waals surface area contributed by atoms with Gasteiger partial charge in [0, 0.05) is 17.6 Å². The van der Waals surface area contributed by atoms with Crippen LogP contribution in [0.25, 0.3) is 11.5 Å². The first-order chi connectivity index (χ1) is 13.4.